The average Bonchev–Trinajstić information content (AvgIpc) is 3.50. The maximum Gasteiger partial charge on any atom is 0.261 e. The molecule has 0 unspecified atom stereocenters. The van der Waals surface area contributed by atoms with Gasteiger partial charge in [0.05, 0.1) is 12.6 Å². The molecule has 3 aliphatic rings. The number of carbonyl (C=O) groups excluding carboxylic acids is 1. The Labute approximate surface area is 246 Å². The molecule has 222 valence electrons. The Balaban J connectivity index is 1.25. The predicted octanol–water partition coefficient (Wildman–Crippen LogP) is 4.55. The van der Waals surface area contributed by atoms with E-state index in [1.54, 1.807) is 4.90 Å². The number of anilines is 1. The number of likely N-dealkylation sites (tertiary alicyclic amines) is 1. The third-order valence-corrected chi connectivity index (χ3v) is 8.38. The fraction of sp³-hybridized carbons (Fsp3) is 0.424. The van der Waals surface area contributed by atoms with Crippen molar-refractivity contribution in [2.45, 2.75) is 51.0 Å². The van der Waals surface area contributed by atoms with Crippen LogP contribution in [0, 0.1) is 0 Å². The molecular weight excluding hydrogens is 534 g/mol. The quantitative estimate of drug-likeness (QED) is 0.361. The molecule has 1 atom stereocenters. The normalized spacial score (nSPS) is 19.4. The molecule has 2 fully saturated rings. The van der Waals surface area contributed by atoms with Crippen molar-refractivity contribution in [3.05, 3.63) is 76.9 Å². The van der Waals surface area contributed by atoms with Crippen molar-refractivity contribution in [2.75, 3.05) is 45.2 Å². The minimum Gasteiger partial charge on any atom is -0.508 e. The van der Waals surface area contributed by atoms with Gasteiger partial charge in [-0.15, -0.1) is 0 Å². The second kappa shape index (κ2) is 12.5. The van der Waals surface area contributed by atoms with Crippen molar-refractivity contribution in [3.63, 3.8) is 0 Å². The van der Waals surface area contributed by atoms with Gasteiger partial charge in [0, 0.05) is 56.7 Å². The first kappa shape index (κ1) is 28.2. The third-order valence-electron chi connectivity index (χ3n) is 8.38. The van der Waals surface area contributed by atoms with E-state index >= 15 is 0 Å². The number of nitrogens with zero attached hydrogens (tertiary/aromatic N) is 2. The number of aromatic hydroxyl groups is 2. The summed E-state index contributed by atoms with van der Waals surface area (Å²) in [6, 6.07) is 16.5. The number of carbonyl (C=O) groups is 1. The van der Waals surface area contributed by atoms with E-state index in [0.717, 1.165) is 67.1 Å². The number of benzene rings is 3. The summed E-state index contributed by atoms with van der Waals surface area (Å²) in [6.45, 7) is 4.47. The fourth-order valence-electron chi connectivity index (χ4n) is 5.98. The van der Waals surface area contributed by atoms with Gasteiger partial charge in [-0.25, -0.2) is 0 Å². The molecule has 6 rings (SSSR count). The lowest BCUT2D eigenvalue weighted by Gasteiger charge is -2.33. The van der Waals surface area contributed by atoms with Crippen molar-refractivity contribution in [3.8, 4) is 23.0 Å². The number of rotatable bonds is 8. The van der Waals surface area contributed by atoms with Crippen LogP contribution in [0.3, 0.4) is 0 Å². The highest BCUT2D eigenvalue weighted by atomic mass is 16.5. The van der Waals surface area contributed by atoms with Gasteiger partial charge in [0.1, 0.15) is 41.3 Å². The Morgan fingerprint density at radius 1 is 1.05 bits per heavy atom. The Morgan fingerprint density at radius 3 is 2.62 bits per heavy atom. The number of phenols is 2. The number of hydrogen-bond acceptors (Lipinski definition) is 8. The number of hydrogen-bond donors (Lipinski definition) is 3. The highest BCUT2D eigenvalue weighted by molar-refractivity contribution is 6.00. The van der Waals surface area contributed by atoms with E-state index in [1.807, 2.05) is 30.3 Å². The fourth-order valence-corrected chi connectivity index (χ4v) is 5.98. The summed E-state index contributed by atoms with van der Waals surface area (Å²) in [7, 11) is 2.14. The summed E-state index contributed by atoms with van der Waals surface area (Å²) in [5.74, 6) is 0.187. The number of piperidine rings is 1. The SMILES string of the molecule is CN1CCC(Oc2cc3c(c(N[C@@H]4CCOC4)c2)CN(C(=O)c2c(O)cc(O)cc2OCc2ccccc2)CC3)CC1. The van der Waals surface area contributed by atoms with Gasteiger partial charge in [-0.05, 0) is 55.5 Å². The Morgan fingerprint density at radius 2 is 1.86 bits per heavy atom. The van der Waals surface area contributed by atoms with Gasteiger partial charge in [0.15, 0.2) is 0 Å². The second-order valence-electron chi connectivity index (χ2n) is 11.5. The van der Waals surface area contributed by atoms with Crippen LogP contribution in [0.15, 0.2) is 54.6 Å². The number of amides is 1. The van der Waals surface area contributed by atoms with Crippen molar-refractivity contribution < 1.29 is 29.2 Å². The Hall–Kier alpha value is -3.95. The maximum absolute atomic E-state index is 13.9. The molecule has 3 aromatic rings. The molecule has 9 nitrogen and oxygen atoms in total. The largest absolute Gasteiger partial charge is 0.508 e. The van der Waals surface area contributed by atoms with E-state index in [0.29, 0.717) is 26.1 Å². The molecular formula is C33H39N3O6. The number of fused-ring (bicyclic) bond motifs is 1. The van der Waals surface area contributed by atoms with Gasteiger partial charge in [-0.1, -0.05) is 30.3 Å². The summed E-state index contributed by atoms with van der Waals surface area (Å²) in [6.07, 6.45) is 3.76. The van der Waals surface area contributed by atoms with Crippen LogP contribution in [0.1, 0.15) is 46.3 Å². The van der Waals surface area contributed by atoms with Crippen LogP contribution in [0.5, 0.6) is 23.0 Å². The summed E-state index contributed by atoms with van der Waals surface area (Å²) in [5, 5.41) is 24.6. The molecule has 3 aliphatic heterocycles. The maximum atomic E-state index is 13.9. The molecule has 0 aromatic heterocycles. The molecule has 9 heteroatoms. The summed E-state index contributed by atoms with van der Waals surface area (Å²) >= 11 is 0. The first-order valence-corrected chi connectivity index (χ1v) is 14.8. The Kier molecular flexibility index (Phi) is 8.39. The lowest BCUT2D eigenvalue weighted by atomic mass is 9.96. The second-order valence-corrected chi connectivity index (χ2v) is 11.5. The van der Waals surface area contributed by atoms with Gasteiger partial charge in [-0.3, -0.25) is 4.79 Å². The van der Waals surface area contributed by atoms with Crippen LogP contribution in [0.4, 0.5) is 5.69 Å². The van der Waals surface area contributed by atoms with E-state index in [2.05, 4.69) is 29.4 Å². The predicted molar refractivity (Wildman–Crippen MR) is 159 cm³/mol. The highest BCUT2D eigenvalue weighted by Gasteiger charge is 2.30. The van der Waals surface area contributed by atoms with Gasteiger partial charge < -0.3 is 39.5 Å². The van der Waals surface area contributed by atoms with Gasteiger partial charge in [-0.2, -0.15) is 0 Å². The van der Waals surface area contributed by atoms with Crippen LogP contribution in [-0.2, 0) is 24.3 Å². The molecule has 1 amide bonds. The van der Waals surface area contributed by atoms with Crippen molar-refractivity contribution in [2.24, 2.45) is 0 Å². The molecule has 2 saturated heterocycles. The molecule has 0 bridgehead atoms. The van der Waals surface area contributed by atoms with E-state index in [9.17, 15) is 15.0 Å². The van der Waals surface area contributed by atoms with Crippen LogP contribution < -0.4 is 14.8 Å². The highest BCUT2D eigenvalue weighted by Crippen LogP contribution is 2.38. The lowest BCUT2D eigenvalue weighted by Crippen LogP contribution is -2.37. The topological polar surface area (TPSA) is 104 Å². The van der Waals surface area contributed by atoms with E-state index in [4.69, 9.17) is 14.2 Å². The van der Waals surface area contributed by atoms with E-state index in [-0.39, 0.29) is 47.5 Å². The monoisotopic (exact) mass is 573 g/mol. The molecule has 42 heavy (non-hydrogen) atoms. The molecule has 0 radical (unpaired) electrons. The third kappa shape index (κ3) is 6.42. The first-order chi connectivity index (χ1) is 20.4. The minimum absolute atomic E-state index is 0.0492. The van der Waals surface area contributed by atoms with Gasteiger partial charge in [0.25, 0.3) is 5.91 Å². The molecule has 3 aromatic carbocycles. The first-order valence-electron chi connectivity index (χ1n) is 14.8. The van der Waals surface area contributed by atoms with Crippen LogP contribution in [-0.4, -0.2) is 78.0 Å². The van der Waals surface area contributed by atoms with E-state index < -0.39 is 0 Å². The van der Waals surface area contributed by atoms with E-state index in [1.165, 1.54) is 12.1 Å². The van der Waals surface area contributed by atoms with Gasteiger partial charge >= 0.3 is 0 Å². The zero-order valence-corrected chi connectivity index (χ0v) is 24.1. The molecule has 0 saturated carbocycles. The van der Waals surface area contributed by atoms with Gasteiger partial charge in [0.2, 0.25) is 0 Å². The van der Waals surface area contributed by atoms with Crippen molar-refractivity contribution in [1.29, 1.82) is 0 Å². The number of nitrogens with one attached hydrogen (secondary N) is 1. The Bertz CT molecular complexity index is 1400. The standard InChI is InChI=1S/C33H39N3O6/c1-35-11-8-26(9-12-35)42-27-15-23-7-13-36(19-28(23)29(18-27)34-24-10-14-40-21-24)33(39)32-30(38)16-25(37)17-31(32)41-20-22-5-3-2-4-6-22/h2-6,15-18,24,26,34,37-38H,7-14,19-21H2,1H3/t24-/m1/s1. The molecule has 3 N–H and O–H groups in total. The summed E-state index contributed by atoms with van der Waals surface area (Å²) in [5.41, 5.74) is 4.12. The van der Waals surface area contributed by atoms with Crippen LogP contribution in [0.2, 0.25) is 0 Å². The van der Waals surface area contributed by atoms with Crippen molar-refractivity contribution >= 4 is 11.6 Å². The molecule has 0 spiro atoms. The smallest absolute Gasteiger partial charge is 0.261 e. The number of phenolic OH excluding ortho intramolecular Hbond substituents is 2. The minimum atomic E-state index is -0.344. The number of ether oxygens (including phenoxy) is 3. The molecule has 0 aliphatic carbocycles. The zero-order chi connectivity index (χ0) is 29.1. The van der Waals surface area contributed by atoms with Crippen LogP contribution in [0.25, 0.3) is 0 Å². The average molecular weight is 574 g/mol. The summed E-state index contributed by atoms with van der Waals surface area (Å²) < 4.78 is 18.1. The molecule has 3 heterocycles. The summed E-state index contributed by atoms with van der Waals surface area (Å²) in [4.78, 5) is 18.0. The van der Waals surface area contributed by atoms with Crippen LogP contribution >= 0.6 is 0 Å². The lowest BCUT2D eigenvalue weighted by molar-refractivity contribution is 0.0726. The van der Waals surface area contributed by atoms with Crippen molar-refractivity contribution in [1.82, 2.24) is 9.80 Å². The zero-order valence-electron chi connectivity index (χ0n) is 24.1.